The predicted octanol–water partition coefficient (Wildman–Crippen LogP) is 5.26. The molecule has 1 aliphatic rings. The Kier molecular flexibility index (Phi) is 4.38. The monoisotopic (exact) mass is 396 g/mol. The molecule has 0 atom stereocenters. The van der Waals surface area contributed by atoms with Gasteiger partial charge in [0.15, 0.2) is 0 Å². The van der Waals surface area contributed by atoms with Crippen LogP contribution in [0.25, 0.3) is 10.9 Å². The van der Waals surface area contributed by atoms with E-state index in [-0.39, 0.29) is 5.91 Å². The molecule has 25 heavy (non-hydrogen) atoms. The number of halogens is 1. The third-order valence-electron chi connectivity index (χ3n) is 5.24. The Labute approximate surface area is 156 Å². The zero-order chi connectivity index (χ0) is 17.4. The van der Waals surface area contributed by atoms with Gasteiger partial charge in [-0.05, 0) is 65.4 Å². The summed E-state index contributed by atoms with van der Waals surface area (Å²) in [5.41, 5.74) is 4.66. The molecule has 0 unspecified atom stereocenters. The number of fused-ring (bicyclic) bond motifs is 1. The van der Waals surface area contributed by atoms with Crippen molar-refractivity contribution in [3.8, 4) is 0 Å². The van der Waals surface area contributed by atoms with E-state index in [4.69, 9.17) is 0 Å². The van der Waals surface area contributed by atoms with E-state index in [0.717, 1.165) is 36.0 Å². The van der Waals surface area contributed by atoms with Crippen molar-refractivity contribution in [1.29, 1.82) is 0 Å². The molecule has 1 aliphatic heterocycles. The van der Waals surface area contributed by atoms with Gasteiger partial charge in [0.05, 0.1) is 5.56 Å². The van der Waals surface area contributed by atoms with Gasteiger partial charge in [0.25, 0.3) is 5.91 Å². The van der Waals surface area contributed by atoms with Crippen LogP contribution in [0.15, 0.2) is 53.0 Å². The van der Waals surface area contributed by atoms with Crippen molar-refractivity contribution in [2.24, 2.45) is 0 Å². The number of hydrogen-bond acceptors (Lipinski definition) is 1. The van der Waals surface area contributed by atoms with Crippen LogP contribution in [0.5, 0.6) is 0 Å². The molecule has 1 amide bonds. The maximum atomic E-state index is 12.8. The smallest absolute Gasteiger partial charge is 0.254 e. The number of H-pyrrole nitrogens is 1. The van der Waals surface area contributed by atoms with E-state index in [1.54, 1.807) is 0 Å². The van der Waals surface area contributed by atoms with Crippen molar-refractivity contribution in [3.63, 3.8) is 0 Å². The Morgan fingerprint density at radius 2 is 1.76 bits per heavy atom. The Bertz CT molecular complexity index is 923. The maximum absolute atomic E-state index is 12.8. The number of likely N-dealkylation sites (tertiary alicyclic amines) is 1. The Morgan fingerprint density at radius 3 is 2.52 bits per heavy atom. The summed E-state index contributed by atoms with van der Waals surface area (Å²) in [4.78, 5) is 18.3. The second-order valence-corrected chi connectivity index (χ2v) is 7.61. The highest BCUT2D eigenvalue weighted by Crippen LogP contribution is 2.36. The molecule has 1 fully saturated rings. The first-order valence-corrected chi connectivity index (χ1v) is 9.55. The van der Waals surface area contributed by atoms with Gasteiger partial charge in [-0.25, -0.2) is 0 Å². The van der Waals surface area contributed by atoms with Crippen molar-refractivity contribution in [2.75, 3.05) is 13.1 Å². The van der Waals surface area contributed by atoms with Crippen molar-refractivity contribution >= 4 is 32.7 Å². The van der Waals surface area contributed by atoms with Gasteiger partial charge in [0, 0.05) is 34.2 Å². The average Bonchev–Trinajstić information content (AvgIpc) is 2.97. The van der Waals surface area contributed by atoms with Crippen molar-refractivity contribution in [1.82, 2.24) is 9.88 Å². The first-order chi connectivity index (χ1) is 12.1. The van der Waals surface area contributed by atoms with E-state index in [0.29, 0.717) is 5.92 Å². The number of piperidine rings is 1. The van der Waals surface area contributed by atoms with E-state index >= 15 is 0 Å². The quantitative estimate of drug-likeness (QED) is 0.629. The minimum absolute atomic E-state index is 0.126. The van der Waals surface area contributed by atoms with E-state index in [1.165, 1.54) is 22.2 Å². The molecule has 0 spiro atoms. The highest BCUT2D eigenvalue weighted by atomic mass is 79.9. The van der Waals surface area contributed by atoms with Gasteiger partial charge < -0.3 is 9.88 Å². The van der Waals surface area contributed by atoms with Gasteiger partial charge in [-0.1, -0.05) is 30.3 Å². The van der Waals surface area contributed by atoms with Crippen LogP contribution in [0, 0.1) is 6.92 Å². The number of aryl methyl sites for hydroxylation is 1. The van der Waals surface area contributed by atoms with Crippen LogP contribution >= 0.6 is 15.9 Å². The SMILES string of the molecule is Cc1[nH]c2ccccc2c1C1CCN(C(=O)c2ccccc2Br)CC1. The highest BCUT2D eigenvalue weighted by Gasteiger charge is 2.27. The van der Waals surface area contributed by atoms with E-state index in [9.17, 15) is 4.79 Å². The molecule has 1 N–H and O–H groups in total. The first kappa shape index (κ1) is 16.4. The van der Waals surface area contributed by atoms with Crippen molar-refractivity contribution in [3.05, 3.63) is 69.8 Å². The molecule has 2 aromatic carbocycles. The van der Waals surface area contributed by atoms with Crippen molar-refractivity contribution in [2.45, 2.75) is 25.7 Å². The van der Waals surface area contributed by atoms with Gasteiger partial charge in [-0.3, -0.25) is 4.79 Å². The Hall–Kier alpha value is -2.07. The van der Waals surface area contributed by atoms with Crippen molar-refractivity contribution < 1.29 is 4.79 Å². The van der Waals surface area contributed by atoms with Gasteiger partial charge in [0.1, 0.15) is 0 Å². The molecule has 4 heteroatoms. The number of aromatic nitrogens is 1. The fourth-order valence-corrected chi connectivity index (χ4v) is 4.46. The highest BCUT2D eigenvalue weighted by molar-refractivity contribution is 9.10. The number of carbonyl (C=O) groups excluding carboxylic acids is 1. The first-order valence-electron chi connectivity index (χ1n) is 8.76. The fraction of sp³-hybridized carbons (Fsp3) is 0.286. The van der Waals surface area contributed by atoms with Crippen LogP contribution < -0.4 is 0 Å². The lowest BCUT2D eigenvalue weighted by atomic mass is 9.87. The van der Waals surface area contributed by atoms with Crippen LogP contribution in [0.2, 0.25) is 0 Å². The van der Waals surface area contributed by atoms with E-state index in [2.05, 4.69) is 52.1 Å². The second-order valence-electron chi connectivity index (χ2n) is 6.76. The van der Waals surface area contributed by atoms with Crippen LogP contribution in [0.1, 0.15) is 40.4 Å². The lowest BCUT2D eigenvalue weighted by Gasteiger charge is -2.32. The molecule has 1 saturated heterocycles. The van der Waals surface area contributed by atoms with Crippen LogP contribution in [-0.4, -0.2) is 28.9 Å². The predicted molar refractivity (Wildman–Crippen MR) is 105 cm³/mol. The number of benzene rings is 2. The molecule has 3 nitrogen and oxygen atoms in total. The fourth-order valence-electron chi connectivity index (χ4n) is 4.00. The molecule has 128 valence electrons. The summed E-state index contributed by atoms with van der Waals surface area (Å²) in [6.07, 6.45) is 2.03. The number of nitrogens with zero attached hydrogens (tertiary/aromatic N) is 1. The van der Waals surface area contributed by atoms with Gasteiger partial charge in [-0.15, -0.1) is 0 Å². The summed E-state index contributed by atoms with van der Waals surface area (Å²) in [7, 11) is 0. The molecular formula is C21H21BrN2O. The molecule has 1 aromatic heterocycles. The minimum Gasteiger partial charge on any atom is -0.358 e. The Morgan fingerprint density at radius 1 is 1.08 bits per heavy atom. The van der Waals surface area contributed by atoms with E-state index in [1.807, 2.05) is 29.2 Å². The number of para-hydroxylation sites is 1. The minimum atomic E-state index is 0.126. The molecule has 0 bridgehead atoms. The topological polar surface area (TPSA) is 36.1 Å². The summed E-state index contributed by atoms with van der Waals surface area (Å²) in [6, 6.07) is 16.2. The summed E-state index contributed by atoms with van der Waals surface area (Å²) >= 11 is 3.49. The standard InChI is InChI=1S/C21H21BrN2O/c1-14-20(17-7-3-5-9-19(17)23-14)15-10-12-24(13-11-15)21(25)16-6-2-4-8-18(16)22/h2-9,15,23H,10-13H2,1H3. The second kappa shape index (κ2) is 6.68. The lowest BCUT2D eigenvalue weighted by Crippen LogP contribution is -2.38. The third kappa shape index (κ3) is 2.99. The van der Waals surface area contributed by atoms with Gasteiger partial charge >= 0.3 is 0 Å². The van der Waals surface area contributed by atoms with Gasteiger partial charge in [0.2, 0.25) is 0 Å². The molecular weight excluding hydrogens is 376 g/mol. The third-order valence-corrected chi connectivity index (χ3v) is 5.93. The number of rotatable bonds is 2. The van der Waals surface area contributed by atoms with E-state index < -0.39 is 0 Å². The number of carbonyl (C=O) groups is 1. The summed E-state index contributed by atoms with van der Waals surface area (Å²) in [5.74, 6) is 0.640. The number of hydrogen-bond donors (Lipinski definition) is 1. The zero-order valence-corrected chi connectivity index (χ0v) is 15.8. The molecule has 2 heterocycles. The molecule has 0 radical (unpaired) electrons. The summed E-state index contributed by atoms with van der Waals surface area (Å²) in [5, 5.41) is 1.33. The molecule has 4 rings (SSSR count). The largest absolute Gasteiger partial charge is 0.358 e. The van der Waals surface area contributed by atoms with Crippen LogP contribution in [-0.2, 0) is 0 Å². The molecule has 0 aliphatic carbocycles. The van der Waals surface area contributed by atoms with Crippen LogP contribution in [0.4, 0.5) is 0 Å². The summed E-state index contributed by atoms with van der Waals surface area (Å²) < 4.78 is 0.870. The Balaban J connectivity index is 1.53. The molecule has 0 saturated carbocycles. The number of nitrogens with one attached hydrogen (secondary N) is 1. The average molecular weight is 397 g/mol. The lowest BCUT2D eigenvalue weighted by molar-refractivity contribution is 0.0712. The summed E-state index contributed by atoms with van der Waals surface area (Å²) in [6.45, 7) is 3.78. The maximum Gasteiger partial charge on any atom is 0.254 e. The number of aromatic amines is 1. The van der Waals surface area contributed by atoms with Gasteiger partial charge in [-0.2, -0.15) is 0 Å². The molecule has 3 aromatic rings. The normalized spacial score (nSPS) is 15.7. The van der Waals surface area contributed by atoms with Crippen LogP contribution in [0.3, 0.4) is 0 Å². The zero-order valence-electron chi connectivity index (χ0n) is 14.3. The number of amides is 1.